The maximum absolute atomic E-state index is 11.3. The van der Waals surface area contributed by atoms with Gasteiger partial charge in [0.2, 0.25) is 0 Å². The fraction of sp³-hybridized carbons (Fsp3) is 0.600. The summed E-state index contributed by atoms with van der Waals surface area (Å²) in [5.74, 6) is -0.626. The predicted octanol–water partition coefficient (Wildman–Crippen LogP) is 1.36. The lowest BCUT2D eigenvalue weighted by atomic mass is 9.85. The maximum atomic E-state index is 11.3. The zero-order valence-electron chi connectivity index (χ0n) is 8.16. The molecule has 0 amide bonds. The Morgan fingerprint density at radius 3 is 3.00 bits per heavy atom. The summed E-state index contributed by atoms with van der Waals surface area (Å²) in [6.07, 6.45) is 1.94. The lowest BCUT2D eigenvalue weighted by Crippen LogP contribution is -2.25. The van der Waals surface area contributed by atoms with Crippen LogP contribution in [0.3, 0.4) is 0 Å². The first-order valence-electron chi connectivity index (χ1n) is 4.72. The number of hydrogen-bond donors (Lipinski definition) is 1. The van der Waals surface area contributed by atoms with E-state index in [1.807, 2.05) is 0 Å². The summed E-state index contributed by atoms with van der Waals surface area (Å²) in [5.41, 5.74) is 0.328. The molecule has 0 heterocycles. The number of aliphatic hydroxyl groups is 1. The number of aliphatic hydroxyl groups excluding tert-OH is 1. The molecule has 1 aliphatic rings. The van der Waals surface area contributed by atoms with Gasteiger partial charge >= 0.3 is 5.97 Å². The largest absolute Gasteiger partial charge is 0.515 e. The van der Waals surface area contributed by atoms with Crippen LogP contribution >= 0.6 is 0 Å². The molecule has 4 heteroatoms. The first-order chi connectivity index (χ1) is 6.69. The Bertz CT molecular complexity index is 267. The number of carbonyl (C=O) groups excluding carboxylic acids is 2. The Hall–Kier alpha value is -1.32. The smallest absolute Gasteiger partial charge is 0.309 e. The van der Waals surface area contributed by atoms with Crippen molar-refractivity contribution in [2.45, 2.75) is 26.2 Å². The average molecular weight is 198 g/mol. The van der Waals surface area contributed by atoms with Crippen LogP contribution in [-0.2, 0) is 14.3 Å². The van der Waals surface area contributed by atoms with Crippen molar-refractivity contribution in [3.8, 4) is 0 Å². The summed E-state index contributed by atoms with van der Waals surface area (Å²) in [7, 11) is 0. The molecular formula is C10H14O4. The lowest BCUT2D eigenvalue weighted by molar-refractivity contribution is -0.148. The van der Waals surface area contributed by atoms with E-state index in [0.29, 0.717) is 31.4 Å². The van der Waals surface area contributed by atoms with Crippen molar-refractivity contribution >= 4 is 11.8 Å². The monoisotopic (exact) mass is 198 g/mol. The molecule has 0 aromatic heterocycles. The number of ketones is 1. The van der Waals surface area contributed by atoms with Crippen LogP contribution in [0.5, 0.6) is 0 Å². The van der Waals surface area contributed by atoms with Crippen molar-refractivity contribution in [3.05, 3.63) is 11.8 Å². The van der Waals surface area contributed by atoms with Gasteiger partial charge < -0.3 is 9.84 Å². The summed E-state index contributed by atoms with van der Waals surface area (Å²) < 4.78 is 4.85. The highest BCUT2D eigenvalue weighted by Crippen LogP contribution is 2.26. The minimum Gasteiger partial charge on any atom is -0.515 e. The van der Waals surface area contributed by atoms with Gasteiger partial charge in [0.05, 0.1) is 18.8 Å². The van der Waals surface area contributed by atoms with Crippen LogP contribution in [0.2, 0.25) is 0 Å². The van der Waals surface area contributed by atoms with Gasteiger partial charge in [0.1, 0.15) is 0 Å². The van der Waals surface area contributed by atoms with E-state index in [-0.39, 0.29) is 17.7 Å². The summed E-state index contributed by atoms with van der Waals surface area (Å²) in [6, 6.07) is 0. The minimum atomic E-state index is -0.278. The molecule has 0 bridgehead atoms. The van der Waals surface area contributed by atoms with E-state index < -0.39 is 0 Å². The summed E-state index contributed by atoms with van der Waals surface area (Å²) >= 11 is 0. The standard InChI is InChI=1S/C10H14O4/c1-2-14-10(13)7-3-4-9(12)8(5-7)6-11/h6-7,11H,2-5H2,1H3/b8-6+. The van der Waals surface area contributed by atoms with Gasteiger partial charge in [-0.3, -0.25) is 9.59 Å². The van der Waals surface area contributed by atoms with Gasteiger partial charge in [0.15, 0.2) is 5.78 Å². The highest BCUT2D eigenvalue weighted by atomic mass is 16.5. The molecule has 0 spiro atoms. The minimum absolute atomic E-state index is 0.0759. The van der Waals surface area contributed by atoms with Gasteiger partial charge in [-0.25, -0.2) is 0 Å². The molecule has 0 saturated heterocycles. The zero-order valence-corrected chi connectivity index (χ0v) is 8.16. The van der Waals surface area contributed by atoms with Gasteiger partial charge in [-0.2, -0.15) is 0 Å². The van der Waals surface area contributed by atoms with E-state index in [0.717, 1.165) is 6.26 Å². The second-order valence-corrected chi connectivity index (χ2v) is 3.27. The molecule has 1 rings (SSSR count). The molecule has 1 atom stereocenters. The molecule has 1 unspecified atom stereocenters. The number of ether oxygens (including phenoxy) is 1. The van der Waals surface area contributed by atoms with Gasteiger partial charge in [-0.05, 0) is 19.8 Å². The molecule has 0 radical (unpaired) electrons. The summed E-state index contributed by atoms with van der Waals surface area (Å²) in [6.45, 7) is 2.09. The Balaban J connectivity index is 2.59. The van der Waals surface area contributed by atoms with Crippen LogP contribution in [0.4, 0.5) is 0 Å². The summed E-state index contributed by atoms with van der Waals surface area (Å²) in [5, 5.41) is 8.76. The predicted molar refractivity (Wildman–Crippen MR) is 49.7 cm³/mol. The van der Waals surface area contributed by atoms with E-state index in [9.17, 15) is 9.59 Å². The Morgan fingerprint density at radius 2 is 2.43 bits per heavy atom. The van der Waals surface area contributed by atoms with E-state index in [1.54, 1.807) is 6.92 Å². The molecule has 78 valence electrons. The lowest BCUT2D eigenvalue weighted by Gasteiger charge is -2.20. The average Bonchev–Trinajstić information content (AvgIpc) is 2.19. The second kappa shape index (κ2) is 4.79. The molecule has 0 aromatic rings. The van der Waals surface area contributed by atoms with Gasteiger partial charge in [0.25, 0.3) is 0 Å². The molecule has 1 aliphatic carbocycles. The number of esters is 1. The van der Waals surface area contributed by atoms with Crippen LogP contribution in [-0.4, -0.2) is 23.5 Å². The highest BCUT2D eigenvalue weighted by Gasteiger charge is 2.29. The third kappa shape index (κ3) is 2.34. The Kier molecular flexibility index (Phi) is 3.68. The van der Waals surface area contributed by atoms with Crippen LogP contribution in [0.1, 0.15) is 26.2 Å². The SMILES string of the molecule is CCOC(=O)C1CCC(=O)/C(=C/O)C1. The molecule has 1 saturated carbocycles. The van der Waals surface area contributed by atoms with Crippen molar-refractivity contribution in [1.82, 2.24) is 0 Å². The first-order valence-corrected chi connectivity index (χ1v) is 4.72. The van der Waals surface area contributed by atoms with Crippen LogP contribution in [0, 0.1) is 5.92 Å². The van der Waals surface area contributed by atoms with Crippen LogP contribution in [0.15, 0.2) is 11.8 Å². The molecule has 1 N–H and O–H groups in total. The van der Waals surface area contributed by atoms with Crippen molar-refractivity contribution in [2.24, 2.45) is 5.92 Å². The molecule has 14 heavy (non-hydrogen) atoms. The normalized spacial score (nSPS) is 25.1. The molecule has 4 nitrogen and oxygen atoms in total. The summed E-state index contributed by atoms with van der Waals surface area (Å²) in [4.78, 5) is 22.5. The fourth-order valence-corrected chi connectivity index (χ4v) is 1.53. The quantitative estimate of drug-likeness (QED) is 0.413. The van der Waals surface area contributed by atoms with E-state index in [1.165, 1.54) is 0 Å². The third-order valence-electron chi connectivity index (χ3n) is 2.32. The molecular weight excluding hydrogens is 184 g/mol. The molecule has 0 aromatic carbocycles. The third-order valence-corrected chi connectivity index (χ3v) is 2.32. The van der Waals surface area contributed by atoms with E-state index >= 15 is 0 Å². The Labute approximate surface area is 82.6 Å². The number of allylic oxidation sites excluding steroid dienone is 1. The second-order valence-electron chi connectivity index (χ2n) is 3.27. The molecule has 0 aliphatic heterocycles. The number of carbonyl (C=O) groups is 2. The zero-order chi connectivity index (χ0) is 10.6. The fourth-order valence-electron chi connectivity index (χ4n) is 1.53. The number of hydrogen-bond acceptors (Lipinski definition) is 4. The Morgan fingerprint density at radius 1 is 1.71 bits per heavy atom. The van der Waals surface area contributed by atoms with Crippen molar-refractivity contribution in [2.75, 3.05) is 6.61 Å². The maximum Gasteiger partial charge on any atom is 0.309 e. The number of Topliss-reactive ketones (excluding diaryl/α,β-unsaturated/α-hetero) is 1. The van der Waals surface area contributed by atoms with Crippen molar-refractivity contribution < 1.29 is 19.4 Å². The van der Waals surface area contributed by atoms with Crippen LogP contribution in [0.25, 0.3) is 0 Å². The first kappa shape index (κ1) is 10.8. The number of rotatable bonds is 2. The van der Waals surface area contributed by atoms with Crippen molar-refractivity contribution in [3.63, 3.8) is 0 Å². The van der Waals surface area contributed by atoms with Crippen LogP contribution < -0.4 is 0 Å². The topological polar surface area (TPSA) is 63.6 Å². The highest BCUT2D eigenvalue weighted by molar-refractivity contribution is 5.97. The van der Waals surface area contributed by atoms with Gasteiger partial charge in [0, 0.05) is 12.0 Å². The van der Waals surface area contributed by atoms with Gasteiger partial charge in [-0.15, -0.1) is 0 Å². The van der Waals surface area contributed by atoms with E-state index in [4.69, 9.17) is 9.84 Å². The van der Waals surface area contributed by atoms with Gasteiger partial charge in [-0.1, -0.05) is 0 Å². The molecule has 1 fully saturated rings. The van der Waals surface area contributed by atoms with Crippen molar-refractivity contribution in [1.29, 1.82) is 0 Å². The van der Waals surface area contributed by atoms with E-state index in [2.05, 4.69) is 0 Å².